The van der Waals surface area contributed by atoms with Crippen LogP contribution in [0.2, 0.25) is 0 Å². The number of amides is 1. The molecule has 2 aromatic heterocycles. The minimum absolute atomic E-state index is 0.0367. The maximum atomic E-state index is 12.6. The maximum Gasteiger partial charge on any atom is 0.236 e. The predicted molar refractivity (Wildman–Crippen MR) is 133 cm³/mol. The van der Waals surface area contributed by atoms with Crippen LogP contribution >= 0.6 is 11.3 Å². The Bertz CT molecular complexity index is 1280. The first-order valence-electron chi connectivity index (χ1n) is 11.7. The van der Waals surface area contributed by atoms with Gasteiger partial charge < -0.3 is 25.2 Å². The number of hydrogen-bond donors (Lipinski definition) is 3. The number of nitrogens with zero attached hydrogens (tertiary/aromatic N) is 6. The second-order valence-corrected chi connectivity index (χ2v) is 9.77. The zero-order chi connectivity index (χ0) is 25.8. The van der Waals surface area contributed by atoms with Crippen molar-refractivity contribution in [3.8, 4) is 27.5 Å². The highest BCUT2D eigenvalue weighted by Crippen LogP contribution is 2.31. The van der Waals surface area contributed by atoms with Crippen LogP contribution in [-0.2, 0) is 17.8 Å². The Kier molecular flexibility index (Phi) is 7.95. The minimum Gasteiger partial charge on any atom is -0.490 e. The van der Waals surface area contributed by atoms with E-state index in [0.29, 0.717) is 41.0 Å². The first-order chi connectivity index (χ1) is 17.3. The van der Waals surface area contributed by atoms with Crippen LogP contribution in [0.15, 0.2) is 18.2 Å². The van der Waals surface area contributed by atoms with Crippen molar-refractivity contribution in [2.75, 3.05) is 26.3 Å². The Hall–Kier alpha value is -3.37. The number of rotatable bonds is 9. The van der Waals surface area contributed by atoms with Gasteiger partial charge in [0.1, 0.15) is 16.8 Å². The zero-order valence-corrected chi connectivity index (χ0v) is 21.2. The molecule has 36 heavy (non-hydrogen) atoms. The van der Waals surface area contributed by atoms with Crippen LogP contribution in [0.4, 0.5) is 0 Å². The molecule has 1 amide bonds. The van der Waals surface area contributed by atoms with E-state index in [-0.39, 0.29) is 31.8 Å². The van der Waals surface area contributed by atoms with Crippen molar-refractivity contribution in [2.24, 2.45) is 0 Å². The third-order valence-electron chi connectivity index (χ3n) is 5.93. The molecule has 3 aromatic rings. The molecule has 0 bridgehead atoms. The number of benzene rings is 1. The normalized spacial score (nSPS) is 13.2. The van der Waals surface area contributed by atoms with Gasteiger partial charge in [-0.2, -0.15) is 10.4 Å². The van der Waals surface area contributed by atoms with E-state index in [9.17, 15) is 20.3 Å². The van der Waals surface area contributed by atoms with E-state index in [1.165, 1.54) is 11.3 Å². The van der Waals surface area contributed by atoms with Crippen molar-refractivity contribution in [1.29, 1.82) is 5.26 Å². The van der Waals surface area contributed by atoms with Gasteiger partial charge in [-0.3, -0.25) is 4.79 Å². The molecule has 0 saturated carbocycles. The second-order valence-electron chi connectivity index (χ2n) is 8.81. The summed E-state index contributed by atoms with van der Waals surface area (Å²) in [6, 6.07) is 7.04. The summed E-state index contributed by atoms with van der Waals surface area (Å²) in [4.78, 5) is 14.4. The maximum absolute atomic E-state index is 12.6. The highest BCUT2D eigenvalue weighted by molar-refractivity contribution is 7.17. The van der Waals surface area contributed by atoms with E-state index in [0.717, 1.165) is 22.5 Å². The lowest BCUT2D eigenvalue weighted by Crippen LogP contribution is -2.45. The molecule has 0 radical (unpaired) electrons. The first-order valence-corrected chi connectivity index (χ1v) is 12.5. The Morgan fingerprint density at radius 1 is 1.31 bits per heavy atom. The van der Waals surface area contributed by atoms with Crippen molar-refractivity contribution in [1.82, 2.24) is 30.2 Å². The molecular formula is C24H29N7O4S. The van der Waals surface area contributed by atoms with Gasteiger partial charge in [-0.05, 0) is 39.0 Å². The third kappa shape index (κ3) is 5.39. The van der Waals surface area contributed by atoms with E-state index < -0.39 is 6.04 Å². The minimum atomic E-state index is -0.520. The SMILES string of the molecule is Cc1c2c(nn1-c1nnc(-c3ccc(OC(C)C)c(C#N)c3)s1)CCN(C(=O)CNC(CO)CO)C2. The zero-order valence-electron chi connectivity index (χ0n) is 20.4. The van der Waals surface area contributed by atoms with Crippen molar-refractivity contribution < 1.29 is 19.7 Å². The third-order valence-corrected chi connectivity index (χ3v) is 6.88. The van der Waals surface area contributed by atoms with Crippen molar-refractivity contribution in [3.05, 3.63) is 40.7 Å². The summed E-state index contributed by atoms with van der Waals surface area (Å²) in [6.45, 7) is 6.30. The van der Waals surface area contributed by atoms with Gasteiger partial charge in [0.05, 0.1) is 43.2 Å². The molecule has 0 spiro atoms. The monoisotopic (exact) mass is 511 g/mol. The lowest BCUT2D eigenvalue weighted by atomic mass is 10.1. The Labute approximate surface area is 213 Å². The predicted octanol–water partition coefficient (Wildman–Crippen LogP) is 1.19. The number of carbonyl (C=O) groups is 1. The highest BCUT2D eigenvalue weighted by Gasteiger charge is 2.27. The van der Waals surface area contributed by atoms with Crippen LogP contribution in [0.1, 0.15) is 36.4 Å². The summed E-state index contributed by atoms with van der Waals surface area (Å²) in [7, 11) is 0. The molecule has 3 heterocycles. The molecule has 1 aliphatic rings. The van der Waals surface area contributed by atoms with Crippen LogP contribution in [0, 0.1) is 18.3 Å². The molecule has 0 saturated heterocycles. The summed E-state index contributed by atoms with van der Waals surface area (Å²) in [5, 5.41) is 45.4. The number of aromatic nitrogens is 4. The average molecular weight is 512 g/mol. The van der Waals surface area contributed by atoms with Gasteiger partial charge in [0.25, 0.3) is 0 Å². The van der Waals surface area contributed by atoms with Gasteiger partial charge in [-0.15, -0.1) is 10.2 Å². The molecule has 0 aliphatic carbocycles. The van der Waals surface area contributed by atoms with Crippen LogP contribution in [0.25, 0.3) is 15.7 Å². The van der Waals surface area contributed by atoms with Crippen LogP contribution in [0.3, 0.4) is 0 Å². The number of aliphatic hydroxyl groups excluding tert-OH is 2. The fourth-order valence-electron chi connectivity index (χ4n) is 3.96. The molecule has 1 aliphatic heterocycles. The topological polar surface area (TPSA) is 149 Å². The highest BCUT2D eigenvalue weighted by atomic mass is 32.1. The lowest BCUT2D eigenvalue weighted by molar-refractivity contribution is -0.131. The van der Waals surface area contributed by atoms with Crippen molar-refractivity contribution in [2.45, 2.75) is 45.9 Å². The van der Waals surface area contributed by atoms with Gasteiger partial charge >= 0.3 is 0 Å². The summed E-state index contributed by atoms with van der Waals surface area (Å²) in [5.41, 5.74) is 4.00. The van der Waals surface area contributed by atoms with Crippen LogP contribution in [0.5, 0.6) is 5.75 Å². The van der Waals surface area contributed by atoms with E-state index in [4.69, 9.17) is 9.84 Å². The van der Waals surface area contributed by atoms with Gasteiger partial charge in [-0.25, -0.2) is 4.68 Å². The average Bonchev–Trinajstić information content (AvgIpc) is 3.49. The molecule has 1 aromatic carbocycles. The molecule has 11 nitrogen and oxygen atoms in total. The number of nitrogens with one attached hydrogen (secondary N) is 1. The molecular weight excluding hydrogens is 482 g/mol. The number of carbonyl (C=O) groups excluding carboxylic acids is 1. The van der Waals surface area contributed by atoms with Gasteiger partial charge in [-0.1, -0.05) is 11.3 Å². The molecule has 12 heteroatoms. The summed E-state index contributed by atoms with van der Waals surface area (Å²) < 4.78 is 7.46. The van der Waals surface area contributed by atoms with E-state index >= 15 is 0 Å². The van der Waals surface area contributed by atoms with Crippen molar-refractivity contribution >= 4 is 17.2 Å². The second kappa shape index (κ2) is 11.1. The van der Waals surface area contributed by atoms with E-state index in [1.54, 1.807) is 21.7 Å². The molecule has 0 fully saturated rings. The molecule has 0 atom stereocenters. The number of fused-ring (bicyclic) bond motifs is 1. The Balaban J connectivity index is 1.51. The quantitative estimate of drug-likeness (QED) is 0.385. The van der Waals surface area contributed by atoms with E-state index in [2.05, 4.69) is 21.6 Å². The first kappa shape index (κ1) is 25.7. The Morgan fingerprint density at radius 3 is 2.78 bits per heavy atom. The fraction of sp³-hybridized carbons (Fsp3) is 0.458. The number of hydrogen-bond acceptors (Lipinski definition) is 10. The Morgan fingerprint density at radius 2 is 2.08 bits per heavy atom. The molecule has 3 N–H and O–H groups in total. The smallest absolute Gasteiger partial charge is 0.236 e. The van der Waals surface area contributed by atoms with E-state index in [1.807, 2.05) is 26.8 Å². The standard InChI is InChI=1S/C24H29N7O4S/c1-14(2)35-21-5-4-16(8-17(21)9-25)23-27-28-24(36-23)31-15(3)19-11-30(7-6-20(19)29-31)22(34)10-26-18(12-32)13-33/h4-5,8,14,18,26,32-33H,6-7,10-13H2,1-3H3. The molecule has 4 rings (SSSR count). The summed E-state index contributed by atoms with van der Waals surface area (Å²) >= 11 is 1.37. The van der Waals surface area contributed by atoms with Gasteiger partial charge in [0.15, 0.2) is 0 Å². The molecule has 0 unspecified atom stereocenters. The number of nitriles is 1. The van der Waals surface area contributed by atoms with Gasteiger partial charge in [0.2, 0.25) is 11.0 Å². The summed E-state index contributed by atoms with van der Waals surface area (Å²) in [5.74, 6) is 0.435. The fourth-order valence-corrected chi connectivity index (χ4v) is 4.81. The number of aliphatic hydroxyl groups is 2. The van der Waals surface area contributed by atoms with Gasteiger partial charge in [0, 0.05) is 36.3 Å². The van der Waals surface area contributed by atoms with Crippen molar-refractivity contribution in [3.63, 3.8) is 0 Å². The van der Waals surface area contributed by atoms with Crippen LogP contribution < -0.4 is 10.1 Å². The lowest BCUT2D eigenvalue weighted by Gasteiger charge is -2.27. The number of ether oxygens (including phenoxy) is 1. The molecule has 190 valence electrons. The summed E-state index contributed by atoms with van der Waals surface area (Å²) in [6.07, 6.45) is 0.581. The van der Waals surface area contributed by atoms with Crippen LogP contribution in [-0.4, -0.2) is 79.4 Å². The largest absolute Gasteiger partial charge is 0.490 e.